The lowest BCUT2D eigenvalue weighted by atomic mass is 9.88. The van der Waals surface area contributed by atoms with Gasteiger partial charge in [-0.15, -0.1) is 11.6 Å². The van der Waals surface area contributed by atoms with Gasteiger partial charge in [-0.2, -0.15) is 0 Å². The number of nitrogens with one attached hydrogen (secondary N) is 1. The molecule has 1 fully saturated rings. The summed E-state index contributed by atoms with van der Waals surface area (Å²) in [5.74, 6) is 0.403. The Morgan fingerprint density at radius 2 is 1.86 bits per heavy atom. The molecule has 1 amide bonds. The molecule has 2 unspecified atom stereocenters. The lowest BCUT2D eigenvalue weighted by Gasteiger charge is -2.27. The molecule has 3 rings (SSSR count). The predicted molar refractivity (Wildman–Crippen MR) is 87.9 cm³/mol. The zero-order valence-electron chi connectivity index (χ0n) is 12.0. The average Bonchev–Trinajstić information content (AvgIpc) is 2.53. The third-order valence-electron chi connectivity index (χ3n) is 4.38. The first-order chi connectivity index (χ1) is 10.3. The van der Waals surface area contributed by atoms with Crippen LogP contribution in [-0.4, -0.2) is 17.8 Å². The largest absolute Gasteiger partial charge is 0.352 e. The molecule has 0 bridgehead atoms. The van der Waals surface area contributed by atoms with E-state index < -0.39 is 0 Å². The van der Waals surface area contributed by atoms with Gasteiger partial charge < -0.3 is 5.32 Å². The van der Waals surface area contributed by atoms with Gasteiger partial charge in [0.05, 0.1) is 0 Å². The summed E-state index contributed by atoms with van der Waals surface area (Å²) < 4.78 is 0. The molecular weight excluding hydrogens is 282 g/mol. The van der Waals surface area contributed by atoms with Gasteiger partial charge in [0.2, 0.25) is 0 Å². The molecule has 1 aliphatic rings. The molecular formula is C18H20ClNO. The fourth-order valence-electron chi connectivity index (χ4n) is 3.13. The van der Waals surface area contributed by atoms with E-state index in [1.807, 2.05) is 42.5 Å². The van der Waals surface area contributed by atoms with Crippen LogP contribution in [0.5, 0.6) is 0 Å². The van der Waals surface area contributed by atoms with Gasteiger partial charge in [0.15, 0.2) is 0 Å². The molecule has 110 valence electrons. The molecule has 0 spiro atoms. The van der Waals surface area contributed by atoms with Crippen molar-refractivity contribution >= 4 is 28.3 Å². The predicted octanol–water partition coefficient (Wildman–Crippen LogP) is 4.37. The Balaban J connectivity index is 1.72. The first-order valence-corrected chi connectivity index (χ1v) is 8.09. The molecule has 2 aromatic rings. The van der Waals surface area contributed by atoms with Crippen LogP contribution in [0.15, 0.2) is 42.5 Å². The van der Waals surface area contributed by atoms with E-state index in [0.717, 1.165) is 29.2 Å². The van der Waals surface area contributed by atoms with Gasteiger partial charge in [-0.1, -0.05) is 49.2 Å². The molecule has 1 N–H and O–H groups in total. The summed E-state index contributed by atoms with van der Waals surface area (Å²) >= 11 is 6.36. The van der Waals surface area contributed by atoms with E-state index in [9.17, 15) is 4.79 Å². The van der Waals surface area contributed by atoms with Crippen LogP contribution in [0.4, 0.5) is 0 Å². The smallest absolute Gasteiger partial charge is 0.251 e. The van der Waals surface area contributed by atoms with Gasteiger partial charge >= 0.3 is 0 Å². The monoisotopic (exact) mass is 301 g/mol. The van der Waals surface area contributed by atoms with Crippen LogP contribution in [0.1, 0.15) is 36.0 Å². The normalized spacial score (nSPS) is 22.1. The molecule has 2 atom stereocenters. The highest BCUT2D eigenvalue weighted by atomic mass is 35.5. The van der Waals surface area contributed by atoms with Crippen molar-refractivity contribution in [1.82, 2.24) is 5.32 Å². The SMILES string of the molecule is O=C(NCC1CCCCC1Cl)c1cccc2ccccc12. The highest BCUT2D eigenvalue weighted by Gasteiger charge is 2.23. The van der Waals surface area contributed by atoms with Gasteiger partial charge in [0.1, 0.15) is 0 Å². The van der Waals surface area contributed by atoms with E-state index >= 15 is 0 Å². The Kier molecular flexibility index (Phi) is 4.45. The van der Waals surface area contributed by atoms with Crippen LogP contribution in [0.3, 0.4) is 0 Å². The lowest BCUT2D eigenvalue weighted by molar-refractivity contribution is 0.0946. The maximum absolute atomic E-state index is 12.5. The number of amides is 1. The Hall–Kier alpha value is -1.54. The fourth-order valence-corrected chi connectivity index (χ4v) is 3.50. The van der Waals surface area contributed by atoms with Crippen molar-refractivity contribution in [2.24, 2.45) is 5.92 Å². The first kappa shape index (κ1) is 14.4. The number of halogens is 1. The molecule has 0 radical (unpaired) electrons. The van der Waals surface area contributed by atoms with Crippen LogP contribution in [0, 0.1) is 5.92 Å². The van der Waals surface area contributed by atoms with Crippen molar-refractivity contribution < 1.29 is 4.79 Å². The topological polar surface area (TPSA) is 29.1 Å². The van der Waals surface area contributed by atoms with E-state index in [2.05, 4.69) is 5.32 Å². The van der Waals surface area contributed by atoms with Crippen LogP contribution >= 0.6 is 11.6 Å². The summed E-state index contributed by atoms with van der Waals surface area (Å²) in [6.07, 6.45) is 4.61. The van der Waals surface area contributed by atoms with Crippen molar-refractivity contribution in [2.75, 3.05) is 6.54 Å². The molecule has 3 heteroatoms. The third kappa shape index (κ3) is 3.21. The van der Waals surface area contributed by atoms with Crippen LogP contribution in [-0.2, 0) is 0 Å². The highest BCUT2D eigenvalue weighted by Crippen LogP contribution is 2.28. The first-order valence-electron chi connectivity index (χ1n) is 7.66. The zero-order chi connectivity index (χ0) is 14.7. The standard InChI is InChI=1S/C18H20ClNO/c19-17-11-4-2-7-14(17)12-20-18(21)16-10-5-8-13-6-1-3-9-15(13)16/h1,3,5-6,8-10,14,17H,2,4,7,11-12H2,(H,20,21). The maximum Gasteiger partial charge on any atom is 0.251 e. The van der Waals surface area contributed by atoms with Crippen molar-refractivity contribution in [1.29, 1.82) is 0 Å². The third-order valence-corrected chi connectivity index (χ3v) is 4.95. The number of hydrogen-bond acceptors (Lipinski definition) is 1. The molecule has 2 nitrogen and oxygen atoms in total. The molecule has 0 heterocycles. The second kappa shape index (κ2) is 6.48. The summed E-state index contributed by atoms with van der Waals surface area (Å²) in [6, 6.07) is 13.8. The minimum Gasteiger partial charge on any atom is -0.352 e. The molecule has 0 saturated heterocycles. The minimum atomic E-state index is 0.00115. The van der Waals surface area contributed by atoms with Crippen LogP contribution in [0.25, 0.3) is 10.8 Å². The van der Waals surface area contributed by atoms with Crippen molar-refractivity contribution in [3.05, 3.63) is 48.0 Å². The molecule has 1 aliphatic carbocycles. The van der Waals surface area contributed by atoms with E-state index in [-0.39, 0.29) is 11.3 Å². The van der Waals surface area contributed by atoms with Gasteiger partial charge in [-0.3, -0.25) is 4.79 Å². The summed E-state index contributed by atoms with van der Waals surface area (Å²) in [4.78, 5) is 12.5. The number of carbonyl (C=O) groups is 1. The second-order valence-electron chi connectivity index (χ2n) is 5.80. The quantitative estimate of drug-likeness (QED) is 0.838. The Labute approximate surface area is 130 Å². The molecule has 1 saturated carbocycles. The molecule has 0 aromatic heterocycles. The number of benzene rings is 2. The van der Waals surface area contributed by atoms with Gasteiger partial charge in [0.25, 0.3) is 5.91 Å². The van der Waals surface area contributed by atoms with Gasteiger partial charge in [-0.25, -0.2) is 0 Å². The van der Waals surface area contributed by atoms with E-state index in [4.69, 9.17) is 11.6 Å². The minimum absolute atomic E-state index is 0.00115. The van der Waals surface area contributed by atoms with Gasteiger partial charge in [0, 0.05) is 17.5 Å². The van der Waals surface area contributed by atoms with Gasteiger partial charge in [-0.05, 0) is 35.6 Å². The van der Waals surface area contributed by atoms with Crippen LogP contribution in [0.2, 0.25) is 0 Å². The maximum atomic E-state index is 12.5. The molecule has 2 aromatic carbocycles. The summed E-state index contributed by atoms with van der Waals surface area (Å²) in [7, 11) is 0. The van der Waals surface area contributed by atoms with E-state index in [0.29, 0.717) is 12.5 Å². The van der Waals surface area contributed by atoms with E-state index in [1.165, 1.54) is 12.8 Å². The Morgan fingerprint density at radius 3 is 2.71 bits per heavy atom. The highest BCUT2D eigenvalue weighted by molar-refractivity contribution is 6.20. The Morgan fingerprint density at radius 1 is 1.10 bits per heavy atom. The Bertz CT molecular complexity index is 635. The van der Waals surface area contributed by atoms with Crippen LogP contribution < -0.4 is 5.32 Å². The number of rotatable bonds is 3. The van der Waals surface area contributed by atoms with Crippen molar-refractivity contribution in [3.8, 4) is 0 Å². The average molecular weight is 302 g/mol. The summed E-state index contributed by atoms with van der Waals surface area (Å²) in [5, 5.41) is 5.37. The van der Waals surface area contributed by atoms with E-state index in [1.54, 1.807) is 0 Å². The van der Waals surface area contributed by atoms with Crippen molar-refractivity contribution in [2.45, 2.75) is 31.1 Å². The number of alkyl halides is 1. The number of fused-ring (bicyclic) bond motifs is 1. The zero-order valence-corrected chi connectivity index (χ0v) is 12.8. The van der Waals surface area contributed by atoms with Crippen molar-refractivity contribution in [3.63, 3.8) is 0 Å². The fraction of sp³-hybridized carbons (Fsp3) is 0.389. The lowest BCUT2D eigenvalue weighted by Crippen LogP contribution is -2.34. The second-order valence-corrected chi connectivity index (χ2v) is 6.36. The summed E-state index contributed by atoms with van der Waals surface area (Å²) in [5.41, 5.74) is 0.745. The number of hydrogen-bond donors (Lipinski definition) is 1. The molecule has 21 heavy (non-hydrogen) atoms. The number of carbonyl (C=O) groups excluding carboxylic acids is 1. The summed E-state index contributed by atoms with van der Waals surface area (Å²) in [6.45, 7) is 0.677. The molecule has 0 aliphatic heterocycles.